The highest BCUT2D eigenvalue weighted by molar-refractivity contribution is 6.31. The molecule has 5 nitrogen and oxygen atoms in total. The van der Waals surface area contributed by atoms with Crippen LogP contribution in [-0.2, 0) is 6.42 Å². The predicted molar refractivity (Wildman–Crippen MR) is 115 cm³/mol. The number of carbonyl (C=O) groups excluding carboxylic acids is 2. The zero-order valence-corrected chi connectivity index (χ0v) is 17.4. The Morgan fingerprint density at radius 3 is 2.52 bits per heavy atom. The molecule has 1 spiro atoms. The molecule has 2 aliphatic rings. The summed E-state index contributed by atoms with van der Waals surface area (Å²) in [6.07, 6.45) is 4.69. The predicted octanol–water partition coefficient (Wildman–Crippen LogP) is 4.47. The lowest BCUT2D eigenvalue weighted by Gasteiger charge is -2.46. The van der Waals surface area contributed by atoms with Gasteiger partial charge in [0.05, 0.1) is 5.56 Å². The molecular weight excluding hydrogens is 386 g/mol. The van der Waals surface area contributed by atoms with Crippen molar-refractivity contribution in [3.8, 4) is 0 Å². The van der Waals surface area contributed by atoms with Crippen molar-refractivity contribution in [3.05, 3.63) is 64.2 Å². The molecule has 1 fully saturated rings. The van der Waals surface area contributed by atoms with Gasteiger partial charge in [0.25, 0.3) is 11.8 Å². The molecule has 0 atom stereocenters. The minimum absolute atomic E-state index is 0.0520. The first-order chi connectivity index (χ1) is 14.0. The molecule has 1 saturated heterocycles. The summed E-state index contributed by atoms with van der Waals surface area (Å²) in [6.45, 7) is 3.36. The van der Waals surface area contributed by atoms with E-state index in [1.807, 2.05) is 23.1 Å². The van der Waals surface area contributed by atoms with Crippen LogP contribution in [0.25, 0.3) is 0 Å². The molecule has 0 radical (unpaired) electrons. The Morgan fingerprint density at radius 2 is 1.83 bits per heavy atom. The number of carbonyl (C=O) groups is 2. The zero-order chi connectivity index (χ0) is 20.4. The molecule has 0 bridgehead atoms. The fraction of sp³-hybridized carbons (Fsp3) is 0.391. The molecule has 0 aliphatic carbocycles. The molecule has 2 heterocycles. The van der Waals surface area contributed by atoms with Crippen molar-refractivity contribution in [2.24, 2.45) is 0 Å². The number of likely N-dealkylation sites (tertiary alicyclic amines) is 1. The van der Waals surface area contributed by atoms with E-state index >= 15 is 0 Å². The summed E-state index contributed by atoms with van der Waals surface area (Å²) in [4.78, 5) is 27.3. The highest BCUT2D eigenvalue weighted by atomic mass is 35.5. The van der Waals surface area contributed by atoms with Crippen LogP contribution in [0.4, 0.5) is 5.69 Å². The number of benzene rings is 2. The number of nitrogens with one attached hydrogen (secondary N) is 2. The van der Waals surface area contributed by atoms with Crippen molar-refractivity contribution >= 4 is 29.1 Å². The van der Waals surface area contributed by atoms with E-state index in [0.29, 0.717) is 36.5 Å². The Morgan fingerprint density at radius 1 is 1.10 bits per heavy atom. The molecule has 4 rings (SSSR count). The SMILES string of the molecule is CCCCc1ccc(C(=O)N2CCC3(CC2)NC(=O)c2cc(Cl)ccc2N3)cc1. The molecule has 0 unspecified atom stereocenters. The summed E-state index contributed by atoms with van der Waals surface area (Å²) in [5.74, 6) is -0.0695. The minimum Gasteiger partial charge on any atom is -0.362 e. The average Bonchev–Trinajstić information content (AvgIpc) is 2.73. The van der Waals surface area contributed by atoms with Crippen LogP contribution < -0.4 is 10.6 Å². The van der Waals surface area contributed by atoms with Crippen molar-refractivity contribution in [1.29, 1.82) is 0 Å². The van der Waals surface area contributed by atoms with E-state index < -0.39 is 5.66 Å². The second-order valence-electron chi connectivity index (χ2n) is 7.94. The van der Waals surface area contributed by atoms with Crippen molar-refractivity contribution in [1.82, 2.24) is 10.2 Å². The third-order valence-electron chi connectivity index (χ3n) is 5.88. The maximum Gasteiger partial charge on any atom is 0.255 e. The number of anilines is 1. The van der Waals surface area contributed by atoms with E-state index in [9.17, 15) is 9.59 Å². The number of fused-ring (bicyclic) bond motifs is 1. The number of unbranched alkanes of at least 4 members (excludes halogenated alkanes) is 1. The number of amides is 2. The number of piperidine rings is 1. The molecule has 2 amide bonds. The maximum absolute atomic E-state index is 12.9. The smallest absolute Gasteiger partial charge is 0.255 e. The van der Waals surface area contributed by atoms with Crippen LogP contribution in [0.2, 0.25) is 5.02 Å². The van der Waals surface area contributed by atoms with Gasteiger partial charge >= 0.3 is 0 Å². The van der Waals surface area contributed by atoms with Crippen molar-refractivity contribution in [2.75, 3.05) is 18.4 Å². The Labute approximate surface area is 176 Å². The van der Waals surface area contributed by atoms with Gasteiger partial charge in [0.1, 0.15) is 5.66 Å². The second-order valence-corrected chi connectivity index (χ2v) is 8.38. The number of hydrogen-bond acceptors (Lipinski definition) is 3. The molecule has 2 aromatic carbocycles. The number of hydrogen-bond donors (Lipinski definition) is 2. The molecule has 2 aromatic rings. The van der Waals surface area contributed by atoms with Gasteiger partial charge in [-0.25, -0.2) is 0 Å². The van der Waals surface area contributed by atoms with Crippen LogP contribution in [0, 0.1) is 0 Å². The first kappa shape index (κ1) is 19.8. The maximum atomic E-state index is 12.9. The number of rotatable bonds is 4. The molecule has 6 heteroatoms. The number of halogens is 1. The number of aryl methyl sites for hydroxylation is 1. The van der Waals surface area contributed by atoms with Crippen LogP contribution in [0.3, 0.4) is 0 Å². The highest BCUT2D eigenvalue weighted by Gasteiger charge is 2.41. The lowest BCUT2D eigenvalue weighted by Crippen LogP contribution is -2.62. The molecule has 2 aliphatic heterocycles. The summed E-state index contributed by atoms with van der Waals surface area (Å²) >= 11 is 6.01. The lowest BCUT2D eigenvalue weighted by molar-refractivity contribution is 0.0639. The zero-order valence-electron chi connectivity index (χ0n) is 16.6. The van der Waals surface area contributed by atoms with Crippen LogP contribution in [0.5, 0.6) is 0 Å². The van der Waals surface area contributed by atoms with Gasteiger partial charge in [-0.1, -0.05) is 37.1 Å². The van der Waals surface area contributed by atoms with Crippen LogP contribution in [-0.4, -0.2) is 35.5 Å². The summed E-state index contributed by atoms with van der Waals surface area (Å²) in [5, 5.41) is 7.10. The fourth-order valence-corrected chi connectivity index (χ4v) is 4.28. The van der Waals surface area contributed by atoms with Gasteiger partial charge in [0.2, 0.25) is 0 Å². The molecular formula is C23H26ClN3O2. The van der Waals surface area contributed by atoms with Gasteiger partial charge in [-0.2, -0.15) is 0 Å². The minimum atomic E-state index is -0.515. The lowest BCUT2D eigenvalue weighted by atomic mass is 9.92. The Kier molecular flexibility index (Phi) is 5.50. The van der Waals surface area contributed by atoms with Crippen molar-refractivity contribution in [3.63, 3.8) is 0 Å². The number of nitrogens with zero attached hydrogens (tertiary/aromatic N) is 1. The molecule has 0 aromatic heterocycles. The quantitative estimate of drug-likeness (QED) is 0.780. The van der Waals surface area contributed by atoms with E-state index in [1.165, 1.54) is 5.56 Å². The molecule has 152 valence electrons. The normalized spacial score (nSPS) is 17.4. The Balaban J connectivity index is 1.41. The van der Waals surface area contributed by atoms with E-state index in [-0.39, 0.29) is 11.8 Å². The standard InChI is InChI=1S/C23H26ClN3O2/c1-2-3-4-16-5-7-17(8-6-16)22(29)27-13-11-23(12-14-27)25-20-10-9-18(24)15-19(20)21(28)26-23/h5-10,15,25H,2-4,11-14H2,1H3,(H,26,28). The van der Waals surface area contributed by atoms with E-state index in [0.717, 1.165) is 30.5 Å². The Hall–Kier alpha value is -2.53. The van der Waals surface area contributed by atoms with Gasteiger partial charge in [0, 0.05) is 42.2 Å². The van der Waals surface area contributed by atoms with E-state index in [1.54, 1.807) is 12.1 Å². The summed E-state index contributed by atoms with van der Waals surface area (Å²) in [5.41, 5.74) is 2.83. The third kappa shape index (κ3) is 4.10. The monoisotopic (exact) mass is 411 g/mol. The summed E-state index contributed by atoms with van der Waals surface area (Å²) in [7, 11) is 0. The van der Waals surface area contributed by atoms with Crippen LogP contribution in [0.1, 0.15) is 58.9 Å². The van der Waals surface area contributed by atoms with Crippen LogP contribution >= 0.6 is 11.6 Å². The van der Waals surface area contributed by atoms with Gasteiger partial charge < -0.3 is 15.5 Å². The second kappa shape index (κ2) is 8.07. The van der Waals surface area contributed by atoms with Gasteiger partial charge in [-0.3, -0.25) is 9.59 Å². The first-order valence-corrected chi connectivity index (χ1v) is 10.7. The summed E-state index contributed by atoms with van der Waals surface area (Å²) < 4.78 is 0. The highest BCUT2D eigenvalue weighted by Crippen LogP contribution is 2.33. The largest absolute Gasteiger partial charge is 0.362 e. The fourth-order valence-electron chi connectivity index (χ4n) is 4.11. The molecule has 2 N–H and O–H groups in total. The van der Waals surface area contributed by atoms with Crippen molar-refractivity contribution < 1.29 is 9.59 Å². The van der Waals surface area contributed by atoms with Gasteiger partial charge in [-0.15, -0.1) is 0 Å². The summed E-state index contributed by atoms with van der Waals surface area (Å²) in [6, 6.07) is 13.3. The first-order valence-electron chi connectivity index (χ1n) is 10.3. The van der Waals surface area contributed by atoms with Gasteiger partial charge in [0.15, 0.2) is 0 Å². The topological polar surface area (TPSA) is 61.4 Å². The molecule has 0 saturated carbocycles. The van der Waals surface area contributed by atoms with Crippen LogP contribution in [0.15, 0.2) is 42.5 Å². The van der Waals surface area contributed by atoms with Crippen molar-refractivity contribution in [2.45, 2.75) is 44.7 Å². The molecule has 29 heavy (non-hydrogen) atoms. The van der Waals surface area contributed by atoms with E-state index in [4.69, 9.17) is 11.6 Å². The average molecular weight is 412 g/mol. The van der Waals surface area contributed by atoms with E-state index in [2.05, 4.69) is 29.7 Å². The van der Waals surface area contributed by atoms with Gasteiger partial charge in [-0.05, 0) is 48.7 Å². The third-order valence-corrected chi connectivity index (χ3v) is 6.11. The Bertz CT molecular complexity index is 918.